The van der Waals surface area contributed by atoms with Crippen LogP contribution in [0.15, 0.2) is 50.4 Å². The molecule has 0 unspecified atom stereocenters. The summed E-state index contributed by atoms with van der Waals surface area (Å²) in [6, 6.07) is 9.56. The number of halogens is 2. The van der Waals surface area contributed by atoms with Crippen molar-refractivity contribution in [1.29, 1.82) is 0 Å². The summed E-state index contributed by atoms with van der Waals surface area (Å²) in [4.78, 5) is 22.4. The van der Waals surface area contributed by atoms with Gasteiger partial charge in [-0.25, -0.2) is 5.43 Å². The largest absolute Gasteiger partial charge is 0.479 e. The Balaban J connectivity index is 2.02. The van der Waals surface area contributed by atoms with Crippen LogP contribution in [0.1, 0.15) is 11.1 Å². The molecule has 0 aromatic heterocycles. The molecule has 2 aromatic rings. The molecule has 0 aliphatic carbocycles. The van der Waals surface area contributed by atoms with Gasteiger partial charge in [0.1, 0.15) is 12.4 Å². The van der Waals surface area contributed by atoms with Crippen LogP contribution >= 0.6 is 31.9 Å². The Hall–Kier alpha value is -2.70. The number of para-hydroxylation sites is 1. The van der Waals surface area contributed by atoms with Gasteiger partial charge in [-0.1, -0.05) is 24.1 Å². The number of nitrogens with one attached hydrogen (secondary N) is 1. The van der Waals surface area contributed by atoms with Gasteiger partial charge in [0.2, 0.25) is 5.91 Å². The van der Waals surface area contributed by atoms with Gasteiger partial charge in [0.05, 0.1) is 26.5 Å². The minimum absolute atomic E-state index is 0.105. The number of nitro groups is 1. The van der Waals surface area contributed by atoms with E-state index in [9.17, 15) is 14.9 Å². The van der Waals surface area contributed by atoms with Crippen LogP contribution < -0.4 is 10.2 Å². The number of hydrazone groups is 1. The fourth-order valence-corrected chi connectivity index (χ4v) is 3.59. The van der Waals surface area contributed by atoms with E-state index in [1.54, 1.807) is 24.3 Å². The van der Waals surface area contributed by atoms with Crippen LogP contribution in [0.2, 0.25) is 0 Å². The van der Waals surface area contributed by atoms with Crippen LogP contribution in [0.4, 0.5) is 5.69 Å². The van der Waals surface area contributed by atoms with Crippen molar-refractivity contribution in [1.82, 2.24) is 5.43 Å². The molecule has 0 fully saturated rings. The summed E-state index contributed by atoms with van der Waals surface area (Å²) in [6.45, 7) is 0.131. The summed E-state index contributed by atoms with van der Waals surface area (Å²) < 4.78 is 6.75. The third kappa shape index (κ3) is 5.91. The highest BCUT2D eigenvalue weighted by Crippen LogP contribution is 2.34. The first kappa shape index (κ1) is 20.6. The summed E-state index contributed by atoms with van der Waals surface area (Å²) in [5, 5.41) is 14.9. The molecule has 7 nitrogen and oxygen atoms in total. The molecule has 0 bridgehead atoms. The Morgan fingerprint density at radius 2 is 2.00 bits per heavy atom. The molecule has 0 saturated heterocycles. The van der Waals surface area contributed by atoms with Crippen molar-refractivity contribution in [3.63, 3.8) is 0 Å². The van der Waals surface area contributed by atoms with Crippen molar-refractivity contribution < 1.29 is 14.5 Å². The van der Waals surface area contributed by atoms with Crippen molar-refractivity contribution in [3.05, 3.63) is 66.6 Å². The quantitative estimate of drug-likeness (QED) is 0.274. The maximum atomic E-state index is 12.0. The standard InChI is InChI=1S/C18H13Br2N3O4/c1-2-7-27-18-14(19)8-12(9-15(18)20)11-21-22-17(24)10-13-5-3-4-6-16(13)23(25)26/h1,3-6,8-9,11H,7,10H2,(H,22,24)/b21-11+. The monoisotopic (exact) mass is 493 g/mol. The Morgan fingerprint density at radius 1 is 1.33 bits per heavy atom. The number of benzene rings is 2. The van der Waals surface area contributed by atoms with Gasteiger partial charge in [-0.05, 0) is 49.6 Å². The molecule has 27 heavy (non-hydrogen) atoms. The summed E-state index contributed by atoms with van der Waals surface area (Å²) in [6.07, 6.45) is 6.47. The van der Waals surface area contributed by atoms with Gasteiger partial charge in [0.25, 0.3) is 5.69 Å². The second-order valence-corrected chi connectivity index (χ2v) is 6.87. The number of ether oxygens (including phenoxy) is 1. The number of hydrogen-bond acceptors (Lipinski definition) is 5. The number of hydrogen-bond donors (Lipinski definition) is 1. The summed E-state index contributed by atoms with van der Waals surface area (Å²) >= 11 is 6.76. The lowest BCUT2D eigenvalue weighted by molar-refractivity contribution is -0.385. The van der Waals surface area contributed by atoms with Crippen LogP contribution in [0, 0.1) is 22.5 Å². The highest BCUT2D eigenvalue weighted by Gasteiger charge is 2.15. The molecule has 138 valence electrons. The third-order valence-electron chi connectivity index (χ3n) is 3.26. The van der Waals surface area contributed by atoms with Crippen LogP contribution in [-0.2, 0) is 11.2 Å². The van der Waals surface area contributed by atoms with Gasteiger partial charge in [-0.3, -0.25) is 14.9 Å². The normalized spacial score (nSPS) is 10.4. The Kier molecular flexibility index (Phi) is 7.52. The minimum atomic E-state index is -0.523. The third-order valence-corrected chi connectivity index (χ3v) is 4.44. The van der Waals surface area contributed by atoms with Gasteiger partial charge in [-0.15, -0.1) is 6.42 Å². The van der Waals surface area contributed by atoms with E-state index >= 15 is 0 Å². The Labute approximate surface area is 172 Å². The lowest BCUT2D eigenvalue weighted by Gasteiger charge is -2.08. The van der Waals surface area contributed by atoms with E-state index in [-0.39, 0.29) is 18.7 Å². The average molecular weight is 495 g/mol. The van der Waals surface area contributed by atoms with Gasteiger partial charge in [0, 0.05) is 11.6 Å². The highest BCUT2D eigenvalue weighted by molar-refractivity contribution is 9.11. The van der Waals surface area contributed by atoms with Crippen molar-refractivity contribution >= 4 is 49.7 Å². The molecular weight excluding hydrogens is 482 g/mol. The fraction of sp³-hybridized carbons (Fsp3) is 0.111. The minimum Gasteiger partial charge on any atom is -0.479 e. The second kappa shape index (κ2) is 9.85. The second-order valence-electron chi connectivity index (χ2n) is 5.16. The molecule has 0 aliphatic rings. The molecule has 1 N–H and O–H groups in total. The Morgan fingerprint density at radius 3 is 2.63 bits per heavy atom. The average Bonchev–Trinajstić information content (AvgIpc) is 2.61. The van der Waals surface area contributed by atoms with Gasteiger partial charge in [-0.2, -0.15) is 5.10 Å². The predicted octanol–water partition coefficient (Wildman–Crippen LogP) is 3.82. The van der Waals surface area contributed by atoms with E-state index in [1.807, 2.05) is 0 Å². The fourth-order valence-electron chi connectivity index (χ4n) is 2.14. The maximum absolute atomic E-state index is 12.0. The molecule has 0 atom stereocenters. The first-order valence-electron chi connectivity index (χ1n) is 7.52. The zero-order valence-corrected chi connectivity index (χ0v) is 17.0. The van der Waals surface area contributed by atoms with Gasteiger partial charge >= 0.3 is 0 Å². The van der Waals surface area contributed by atoms with E-state index in [0.29, 0.717) is 25.8 Å². The molecule has 2 rings (SSSR count). The molecule has 0 radical (unpaired) electrons. The first-order chi connectivity index (χ1) is 12.9. The van der Waals surface area contributed by atoms with E-state index < -0.39 is 10.8 Å². The van der Waals surface area contributed by atoms with Crippen LogP contribution in [-0.4, -0.2) is 23.7 Å². The number of amides is 1. The predicted molar refractivity (Wildman–Crippen MR) is 109 cm³/mol. The number of terminal acetylenes is 1. The topological polar surface area (TPSA) is 93.8 Å². The summed E-state index contributed by atoms with van der Waals surface area (Å²) in [5.74, 6) is 2.48. The number of carbonyl (C=O) groups excluding carboxylic acids is 1. The van der Waals surface area contributed by atoms with Crippen molar-refractivity contribution in [2.45, 2.75) is 6.42 Å². The number of nitro benzene ring substituents is 1. The molecule has 0 aliphatic heterocycles. The lowest BCUT2D eigenvalue weighted by atomic mass is 10.1. The molecule has 0 spiro atoms. The molecule has 0 heterocycles. The van der Waals surface area contributed by atoms with E-state index in [1.165, 1.54) is 18.3 Å². The number of nitrogens with zero attached hydrogens (tertiary/aromatic N) is 2. The molecule has 2 aromatic carbocycles. The van der Waals surface area contributed by atoms with Crippen LogP contribution in [0.25, 0.3) is 0 Å². The van der Waals surface area contributed by atoms with E-state index in [0.717, 1.165) is 0 Å². The SMILES string of the molecule is C#CCOc1c(Br)cc(/C=N/NC(=O)Cc2ccccc2[N+](=O)[O-])cc1Br. The summed E-state index contributed by atoms with van der Waals surface area (Å²) in [7, 11) is 0. The van der Waals surface area contributed by atoms with E-state index in [4.69, 9.17) is 11.2 Å². The first-order valence-corrected chi connectivity index (χ1v) is 9.10. The van der Waals surface area contributed by atoms with Crippen molar-refractivity contribution in [2.24, 2.45) is 5.10 Å². The zero-order valence-electron chi connectivity index (χ0n) is 13.8. The van der Waals surface area contributed by atoms with Crippen molar-refractivity contribution in [2.75, 3.05) is 6.61 Å². The molecule has 0 saturated carbocycles. The zero-order chi connectivity index (χ0) is 19.8. The van der Waals surface area contributed by atoms with Crippen LogP contribution in [0.3, 0.4) is 0 Å². The smallest absolute Gasteiger partial charge is 0.273 e. The molecule has 1 amide bonds. The summed E-state index contributed by atoms with van der Waals surface area (Å²) in [5.41, 5.74) is 3.25. The maximum Gasteiger partial charge on any atom is 0.273 e. The molecular formula is C18H13Br2N3O4. The number of rotatable bonds is 7. The van der Waals surface area contributed by atoms with Crippen molar-refractivity contribution in [3.8, 4) is 18.1 Å². The van der Waals surface area contributed by atoms with Gasteiger partial charge in [0.15, 0.2) is 0 Å². The van der Waals surface area contributed by atoms with Gasteiger partial charge < -0.3 is 4.74 Å². The molecule has 9 heteroatoms. The lowest BCUT2D eigenvalue weighted by Crippen LogP contribution is -2.20. The Bertz CT molecular complexity index is 915. The highest BCUT2D eigenvalue weighted by atomic mass is 79.9. The van der Waals surface area contributed by atoms with E-state index in [2.05, 4.69) is 48.3 Å². The number of carbonyl (C=O) groups is 1. The van der Waals surface area contributed by atoms with Crippen LogP contribution in [0.5, 0.6) is 5.75 Å².